The van der Waals surface area contributed by atoms with Gasteiger partial charge in [0, 0.05) is 42.3 Å². The number of benzene rings is 1. The third-order valence-corrected chi connectivity index (χ3v) is 4.42. The second kappa shape index (κ2) is 11.1. The first-order chi connectivity index (χ1) is 10.0. The molecule has 7 heteroatoms. The Balaban J connectivity index is 0.00000242. The van der Waals surface area contributed by atoms with Crippen molar-refractivity contribution in [3.8, 4) is 0 Å². The van der Waals surface area contributed by atoms with Crippen LogP contribution in [0.15, 0.2) is 28.7 Å². The molecule has 23 heavy (non-hydrogen) atoms. The van der Waals surface area contributed by atoms with Crippen molar-refractivity contribution >= 4 is 52.3 Å². The quantitative estimate of drug-likeness (QED) is 0.732. The molecule has 1 heterocycles. The minimum absolute atomic E-state index is 0. The summed E-state index contributed by atoms with van der Waals surface area (Å²) in [6.07, 6.45) is 2.41. The molecular weight excluding hydrogens is 401 g/mol. The molecule has 1 saturated heterocycles. The maximum atomic E-state index is 11.7. The van der Waals surface area contributed by atoms with Crippen molar-refractivity contribution in [2.75, 3.05) is 24.5 Å². The summed E-state index contributed by atoms with van der Waals surface area (Å²) in [4.78, 5) is 14.1. The van der Waals surface area contributed by atoms with Gasteiger partial charge in [-0.2, -0.15) is 0 Å². The third kappa shape index (κ3) is 7.75. The molecule has 0 radical (unpaired) electrons. The summed E-state index contributed by atoms with van der Waals surface area (Å²) < 4.78 is 1.10. The van der Waals surface area contributed by atoms with Crippen LogP contribution in [0.2, 0.25) is 0 Å². The van der Waals surface area contributed by atoms with E-state index in [0.717, 1.165) is 36.9 Å². The highest BCUT2D eigenvalue weighted by atomic mass is 79.9. The Morgan fingerprint density at radius 3 is 2.65 bits per heavy atom. The Morgan fingerprint density at radius 2 is 2.04 bits per heavy atom. The van der Waals surface area contributed by atoms with Crippen molar-refractivity contribution in [1.82, 2.24) is 5.32 Å². The average Bonchev–Trinajstić information content (AvgIpc) is 2.92. The largest absolute Gasteiger partial charge is 0.371 e. The van der Waals surface area contributed by atoms with Gasteiger partial charge in [-0.05, 0) is 49.9 Å². The fourth-order valence-corrected chi connectivity index (χ4v) is 2.86. The molecule has 0 saturated carbocycles. The molecule has 0 aliphatic carbocycles. The molecule has 1 aromatic rings. The number of amides is 1. The van der Waals surface area contributed by atoms with E-state index in [9.17, 15) is 4.79 Å². The van der Waals surface area contributed by atoms with Crippen LogP contribution < -0.4 is 16.0 Å². The van der Waals surface area contributed by atoms with Crippen LogP contribution in [-0.4, -0.2) is 31.6 Å². The summed E-state index contributed by atoms with van der Waals surface area (Å²) >= 11 is 3.46. The van der Waals surface area contributed by atoms with Gasteiger partial charge >= 0.3 is 0 Å². The van der Waals surface area contributed by atoms with E-state index in [4.69, 9.17) is 5.73 Å². The summed E-state index contributed by atoms with van der Waals surface area (Å²) in [6.45, 7) is 4.77. The van der Waals surface area contributed by atoms with Crippen LogP contribution in [-0.2, 0) is 4.79 Å². The molecule has 0 bridgehead atoms. The molecule has 1 aliphatic heterocycles. The molecule has 2 unspecified atom stereocenters. The van der Waals surface area contributed by atoms with Crippen molar-refractivity contribution < 1.29 is 4.79 Å². The first-order valence-electron chi connectivity index (χ1n) is 7.57. The van der Waals surface area contributed by atoms with Crippen molar-refractivity contribution in [2.24, 2.45) is 11.7 Å². The molecule has 1 aromatic carbocycles. The van der Waals surface area contributed by atoms with E-state index >= 15 is 0 Å². The van der Waals surface area contributed by atoms with Crippen LogP contribution >= 0.6 is 40.7 Å². The number of hydrogen-bond donors (Lipinski definition) is 2. The minimum Gasteiger partial charge on any atom is -0.371 e. The molecule has 4 nitrogen and oxygen atoms in total. The lowest BCUT2D eigenvalue weighted by Crippen LogP contribution is -2.31. The van der Waals surface area contributed by atoms with Crippen molar-refractivity contribution in [3.05, 3.63) is 28.7 Å². The summed E-state index contributed by atoms with van der Waals surface area (Å²) in [5, 5.41) is 3.03. The second-order valence-electron chi connectivity index (χ2n) is 5.90. The number of rotatable bonds is 6. The Morgan fingerprint density at radius 1 is 1.39 bits per heavy atom. The minimum atomic E-state index is 0. The SMILES string of the molecule is CC(N)CCC(=O)NCC1CCN(c2ccc(Br)cc2)C1.Cl.Cl. The predicted molar refractivity (Wildman–Crippen MR) is 105 cm³/mol. The number of carbonyl (C=O) groups is 1. The first-order valence-corrected chi connectivity index (χ1v) is 8.36. The lowest BCUT2D eigenvalue weighted by atomic mass is 10.1. The van der Waals surface area contributed by atoms with E-state index in [-0.39, 0.29) is 36.8 Å². The zero-order valence-corrected chi connectivity index (χ0v) is 16.6. The summed E-state index contributed by atoms with van der Waals surface area (Å²) in [5.74, 6) is 0.655. The predicted octanol–water partition coefficient (Wildman–Crippen LogP) is 3.36. The van der Waals surface area contributed by atoms with Gasteiger partial charge in [-0.25, -0.2) is 0 Å². The van der Waals surface area contributed by atoms with Crippen LogP contribution in [0.1, 0.15) is 26.2 Å². The summed E-state index contributed by atoms with van der Waals surface area (Å²) in [5.41, 5.74) is 6.92. The van der Waals surface area contributed by atoms with E-state index in [1.807, 2.05) is 6.92 Å². The lowest BCUT2D eigenvalue weighted by molar-refractivity contribution is -0.121. The molecule has 1 amide bonds. The van der Waals surface area contributed by atoms with Crippen LogP contribution in [0.25, 0.3) is 0 Å². The summed E-state index contributed by atoms with van der Waals surface area (Å²) in [6, 6.07) is 8.49. The number of nitrogens with two attached hydrogens (primary N) is 1. The van der Waals surface area contributed by atoms with Crippen LogP contribution in [0.5, 0.6) is 0 Å². The number of halogens is 3. The number of hydrogen-bond acceptors (Lipinski definition) is 3. The standard InChI is InChI=1S/C16H24BrN3O.2ClH/c1-12(18)2-7-16(21)19-10-13-8-9-20(11-13)15-5-3-14(17)4-6-15;;/h3-6,12-13H,2,7-11,18H2,1H3,(H,19,21);2*1H. The first kappa shape index (κ1) is 22.5. The number of nitrogens with one attached hydrogen (secondary N) is 1. The van der Waals surface area contributed by atoms with E-state index < -0.39 is 0 Å². The van der Waals surface area contributed by atoms with Crippen molar-refractivity contribution in [2.45, 2.75) is 32.2 Å². The molecule has 0 spiro atoms. The molecule has 3 N–H and O–H groups in total. The third-order valence-electron chi connectivity index (χ3n) is 3.89. The maximum Gasteiger partial charge on any atom is 0.220 e. The van der Waals surface area contributed by atoms with E-state index in [1.54, 1.807) is 0 Å². The fraction of sp³-hybridized carbons (Fsp3) is 0.562. The smallest absolute Gasteiger partial charge is 0.220 e. The number of carbonyl (C=O) groups excluding carboxylic acids is 1. The monoisotopic (exact) mass is 425 g/mol. The molecule has 132 valence electrons. The Kier molecular flexibility index (Phi) is 10.9. The topological polar surface area (TPSA) is 58.4 Å². The highest BCUT2D eigenvalue weighted by Crippen LogP contribution is 2.24. The molecule has 1 aliphatic rings. The highest BCUT2D eigenvalue weighted by Gasteiger charge is 2.22. The van der Waals surface area contributed by atoms with Gasteiger partial charge < -0.3 is 16.0 Å². The van der Waals surface area contributed by atoms with Gasteiger partial charge in [0.2, 0.25) is 5.91 Å². The van der Waals surface area contributed by atoms with Gasteiger partial charge in [-0.1, -0.05) is 15.9 Å². The van der Waals surface area contributed by atoms with Crippen molar-refractivity contribution in [3.63, 3.8) is 0 Å². The van der Waals surface area contributed by atoms with Gasteiger partial charge in [0.1, 0.15) is 0 Å². The van der Waals surface area contributed by atoms with E-state index in [0.29, 0.717) is 12.3 Å². The van der Waals surface area contributed by atoms with Gasteiger partial charge in [-0.15, -0.1) is 24.8 Å². The lowest BCUT2D eigenvalue weighted by Gasteiger charge is -2.19. The molecular formula is C16H26BrCl2N3O. The molecule has 0 aromatic heterocycles. The zero-order valence-electron chi connectivity index (χ0n) is 13.3. The van der Waals surface area contributed by atoms with Gasteiger partial charge in [0.25, 0.3) is 0 Å². The van der Waals surface area contributed by atoms with Gasteiger partial charge in [0.15, 0.2) is 0 Å². The highest BCUT2D eigenvalue weighted by molar-refractivity contribution is 9.10. The van der Waals surface area contributed by atoms with Gasteiger partial charge in [0.05, 0.1) is 0 Å². The van der Waals surface area contributed by atoms with Crippen LogP contribution in [0, 0.1) is 5.92 Å². The van der Waals surface area contributed by atoms with Crippen LogP contribution in [0.3, 0.4) is 0 Å². The van der Waals surface area contributed by atoms with E-state index in [1.165, 1.54) is 5.69 Å². The number of anilines is 1. The molecule has 2 rings (SSSR count). The maximum absolute atomic E-state index is 11.7. The summed E-state index contributed by atoms with van der Waals surface area (Å²) in [7, 11) is 0. The Labute approximate surface area is 159 Å². The normalized spacial score (nSPS) is 17.9. The average molecular weight is 427 g/mol. The zero-order chi connectivity index (χ0) is 15.2. The van der Waals surface area contributed by atoms with E-state index in [2.05, 4.69) is 50.4 Å². The molecule has 2 atom stereocenters. The second-order valence-corrected chi connectivity index (χ2v) is 6.81. The Hall–Kier alpha value is -0.490. The van der Waals surface area contributed by atoms with Crippen molar-refractivity contribution in [1.29, 1.82) is 0 Å². The Bertz CT molecular complexity index is 471. The van der Waals surface area contributed by atoms with Crippen LogP contribution in [0.4, 0.5) is 5.69 Å². The fourth-order valence-electron chi connectivity index (χ4n) is 2.59. The molecule has 1 fully saturated rings. The number of nitrogens with zero attached hydrogens (tertiary/aromatic N) is 1. The van der Waals surface area contributed by atoms with Gasteiger partial charge in [-0.3, -0.25) is 4.79 Å².